The van der Waals surface area contributed by atoms with E-state index in [-0.39, 0.29) is 17.5 Å². The molecule has 0 saturated carbocycles. The molecule has 0 radical (unpaired) electrons. The summed E-state index contributed by atoms with van der Waals surface area (Å²) in [5.41, 5.74) is 1.87. The Balaban J connectivity index is 2.36. The molecule has 3 heteroatoms. The maximum atomic E-state index is 12.2. The Morgan fingerprint density at radius 1 is 1.29 bits per heavy atom. The van der Waals surface area contributed by atoms with E-state index in [1.54, 1.807) is 0 Å². The van der Waals surface area contributed by atoms with Gasteiger partial charge < -0.3 is 0 Å². The minimum absolute atomic E-state index is 0.136. The molecule has 0 aromatic heterocycles. The lowest BCUT2D eigenvalue weighted by atomic mass is 9.77. The van der Waals surface area contributed by atoms with Crippen LogP contribution < -0.4 is 4.90 Å². The van der Waals surface area contributed by atoms with Crippen LogP contribution in [0.3, 0.4) is 0 Å². The minimum atomic E-state index is -0.298. The molecule has 1 heterocycles. The first kappa shape index (κ1) is 12.1. The molecule has 1 aliphatic heterocycles. The van der Waals surface area contributed by atoms with Crippen LogP contribution in [0, 0.1) is 12.3 Å². The van der Waals surface area contributed by atoms with Gasteiger partial charge in [0.25, 0.3) is 0 Å². The summed E-state index contributed by atoms with van der Waals surface area (Å²) in [6.45, 7) is 6.06. The van der Waals surface area contributed by atoms with Crippen molar-refractivity contribution < 1.29 is 4.79 Å². The Hall–Kier alpha value is -1.35. The summed E-state index contributed by atoms with van der Waals surface area (Å²) in [4.78, 5) is 16.2. The van der Waals surface area contributed by atoms with Gasteiger partial charge in [-0.25, -0.2) is 0 Å². The molecule has 1 unspecified atom stereocenters. The van der Waals surface area contributed by atoms with Crippen LogP contribution in [0.5, 0.6) is 0 Å². The molecule has 1 atom stereocenters. The number of amides is 1. The zero-order valence-electron chi connectivity index (χ0n) is 11.2. The van der Waals surface area contributed by atoms with Crippen molar-refractivity contribution in [2.24, 2.45) is 5.41 Å². The molecule has 2 rings (SSSR count). The van der Waals surface area contributed by atoms with E-state index in [1.165, 1.54) is 5.56 Å². The van der Waals surface area contributed by atoms with Gasteiger partial charge in [-0.1, -0.05) is 12.1 Å². The lowest BCUT2D eigenvalue weighted by Gasteiger charge is -2.55. The van der Waals surface area contributed by atoms with Crippen LogP contribution in [0.15, 0.2) is 24.3 Å². The standard InChI is InChI=1S/C14H20N2O/c1-10-7-6-8-11(9-10)16-12(15(4)5)14(2,3)13(16)17/h6-9,12H,1-5H3. The van der Waals surface area contributed by atoms with Gasteiger partial charge in [-0.2, -0.15) is 0 Å². The summed E-state index contributed by atoms with van der Waals surface area (Å²) in [7, 11) is 4.03. The van der Waals surface area contributed by atoms with Crippen LogP contribution in [0.2, 0.25) is 0 Å². The van der Waals surface area contributed by atoms with Crippen molar-refractivity contribution in [2.75, 3.05) is 19.0 Å². The highest BCUT2D eigenvalue weighted by Crippen LogP contribution is 2.42. The van der Waals surface area contributed by atoms with Crippen molar-refractivity contribution >= 4 is 11.6 Å². The number of β-lactam (4-membered cyclic amide) rings is 1. The Bertz CT molecular complexity index is 451. The quantitative estimate of drug-likeness (QED) is 0.730. The van der Waals surface area contributed by atoms with Gasteiger partial charge in [0.05, 0.1) is 5.41 Å². The monoisotopic (exact) mass is 232 g/mol. The van der Waals surface area contributed by atoms with E-state index in [0.29, 0.717) is 0 Å². The number of anilines is 1. The zero-order chi connectivity index (χ0) is 12.8. The first-order chi connectivity index (χ1) is 7.85. The van der Waals surface area contributed by atoms with Crippen LogP contribution >= 0.6 is 0 Å². The summed E-state index contributed by atoms with van der Waals surface area (Å²) in [5.74, 6) is 0.196. The van der Waals surface area contributed by atoms with E-state index in [4.69, 9.17) is 0 Å². The van der Waals surface area contributed by atoms with E-state index >= 15 is 0 Å². The van der Waals surface area contributed by atoms with Gasteiger partial charge in [0.2, 0.25) is 5.91 Å². The van der Waals surface area contributed by atoms with Crippen molar-refractivity contribution in [2.45, 2.75) is 26.9 Å². The molecule has 1 fully saturated rings. The van der Waals surface area contributed by atoms with Crippen LogP contribution in [0.1, 0.15) is 19.4 Å². The summed E-state index contributed by atoms with van der Waals surface area (Å²) in [6, 6.07) is 8.10. The van der Waals surface area contributed by atoms with Crippen LogP contribution in [-0.4, -0.2) is 31.1 Å². The molecule has 0 aliphatic carbocycles. The normalized spacial score (nSPS) is 22.8. The maximum absolute atomic E-state index is 12.2. The number of hydrogen-bond acceptors (Lipinski definition) is 2. The van der Waals surface area contributed by atoms with Gasteiger partial charge in [-0.3, -0.25) is 14.6 Å². The van der Waals surface area contributed by atoms with Gasteiger partial charge in [0, 0.05) is 5.69 Å². The van der Waals surface area contributed by atoms with Crippen molar-refractivity contribution in [3.05, 3.63) is 29.8 Å². The Morgan fingerprint density at radius 3 is 2.47 bits per heavy atom. The predicted molar refractivity (Wildman–Crippen MR) is 69.9 cm³/mol. The zero-order valence-corrected chi connectivity index (χ0v) is 11.2. The molecule has 0 N–H and O–H groups in total. The third kappa shape index (κ3) is 1.75. The second kappa shape index (κ2) is 3.84. The molecule has 92 valence electrons. The SMILES string of the molecule is Cc1cccc(N2C(=O)C(C)(C)C2N(C)C)c1. The van der Waals surface area contributed by atoms with Gasteiger partial charge in [-0.15, -0.1) is 0 Å². The molecule has 1 aliphatic rings. The van der Waals surface area contributed by atoms with Gasteiger partial charge >= 0.3 is 0 Å². The Labute approximate surface area is 103 Å². The minimum Gasteiger partial charge on any atom is -0.295 e. The van der Waals surface area contributed by atoms with Crippen molar-refractivity contribution in [1.82, 2.24) is 4.90 Å². The average Bonchev–Trinajstić information content (AvgIpc) is 2.24. The first-order valence-corrected chi connectivity index (χ1v) is 5.92. The summed E-state index contributed by atoms with van der Waals surface area (Å²) < 4.78 is 0. The first-order valence-electron chi connectivity index (χ1n) is 5.92. The van der Waals surface area contributed by atoms with Crippen molar-refractivity contribution in [3.63, 3.8) is 0 Å². The molecular formula is C14H20N2O. The molecule has 1 saturated heterocycles. The van der Waals surface area contributed by atoms with E-state index in [9.17, 15) is 4.79 Å². The van der Waals surface area contributed by atoms with E-state index in [1.807, 2.05) is 58.0 Å². The van der Waals surface area contributed by atoms with E-state index in [2.05, 4.69) is 11.0 Å². The highest BCUT2D eigenvalue weighted by Gasteiger charge is 2.55. The third-order valence-corrected chi connectivity index (χ3v) is 3.43. The fourth-order valence-electron chi connectivity index (χ4n) is 2.70. The fraction of sp³-hybridized carbons (Fsp3) is 0.500. The molecule has 1 amide bonds. The lowest BCUT2D eigenvalue weighted by Crippen LogP contribution is -2.71. The number of carbonyl (C=O) groups is 1. The molecular weight excluding hydrogens is 212 g/mol. The molecule has 3 nitrogen and oxygen atoms in total. The highest BCUT2D eigenvalue weighted by molar-refractivity contribution is 6.05. The number of carbonyl (C=O) groups excluding carboxylic acids is 1. The van der Waals surface area contributed by atoms with Crippen molar-refractivity contribution in [1.29, 1.82) is 0 Å². The summed E-state index contributed by atoms with van der Waals surface area (Å²) >= 11 is 0. The second-order valence-electron chi connectivity index (χ2n) is 5.57. The molecule has 1 aromatic carbocycles. The molecule has 1 aromatic rings. The topological polar surface area (TPSA) is 23.6 Å². The third-order valence-electron chi connectivity index (χ3n) is 3.43. The fourth-order valence-corrected chi connectivity index (χ4v) is 2.70. The maximum Gasteiger partial charge on any atom is 0.237 e. The van der Waals surface area contributed by atoms with Gasteiger partial charge in [0.15, 0.2) is 0 Å². The largest absolute Gasteiger partial charge is 0.295 e. The molecule has 0 spiro atoms. The average molecular weight is 232 g/mol. The summed E-state index contributed by atoms with van der Waals surface area (Å²) in [5, 5.41) is 0. The van der Waals surface area contributed by atoms with Gasteiger partial charge in [-0.05, 0) is 52.6 Å². The van der Waals surface area contributed by atoms with E-state index < -0.39 is 0 Å². The van der Waals surface area contributed by atoms with Crippen LogP contribution in [-0.2, 0) is 4.79 Å². The highest BCUT2D eigenvalue weighted by atomic mass is 16.2. The Morgan fingerprint density at radius 2 is 1.94 bits per heavy atom. The summed E-state index contributed by atoms with van der Waals surface area (Å²) in [6.07, 6.45) is 0.136. The van der Waals surface area contributed by atoms with Crippen LogP contribution in [0.25, 0.3) is 0 Å². The lowest BCUT2D eigenvalue weighted by molar-refractivity contribution is -0.142. The molecule has 17 heavy (non-hydrogen) atoms. The number of hydrogen-bond donors (Lipinski definition) is 0. The molecule has 0 bridgehead atoms. The number of rotatable bonds is 2. The second-order valence-corrected chi connectivity index (χ2v) is 5.57. The predicted octanol–water partition coefficient (Wildman–Crippen LogP) is 2.26. The van der Waals surface area contributed by atoms with E-state index in [0.717, 1.165) is 5.69 Å². The Kier molecular flexibility index (Phi) is 2.74. The number of nitrogens with zero attached hydrogens (tertiary/aromatic N) is 2. The van der Waals surface area contributed by atoms with Crippen LogP contribution in [0.4, 0.5) is 5.69 Å². The number of aryl methyl sites for hydroxylation is 1. The van der Waals surface area contributed by atoms with Crippen molar-refractivity contribution in [3.8, 4) is 0 Å². The number of benzene rings is 1. The van der Waals surface area contributed by atoms with Gasteiger partial charge in [0.1, 0.15) is 6.17 Å². The smallest absolute Gasteiger partial charge is 0.237 e.